The zero-order valence-corrected chi connectivity index (χ0v) is 18.2. The van der Waals surface area contributed by atoms with E-state index >= 15 is 0 Å². The van der Waals surface area contributed by atoms with Gasteiger partial charge in [-0.25, -0.2) is 4.39 Å². The van der Waals surface area contributed by atoms with Crippen molar-refractivity contribution >= 4 is 11.8 Å². The first kappa shape index (κ1) is 22.2. The van der Waals surface area contributed by atoms with Crippen LogP contribution in [-0.2, 0) is 20.7 Å². The third-order valence-corrected chi connectivity index (χ3v) is 6.23. The van der Waals surface area contributed by atoms with E-state index in [0.29, 0.717) is 39.2 Å². The van der Waals surface area contributed by atoms with Gasteiger partial charge in [-0.2, -0.15) is 0 Å². The van der Waals surface area contributed by atoms with Gasteiger partial charge in [0.25, 0.3) is 5.91 Å². The summed E-state index contributed by atoms with van der Waals surface area (Å²) in [6.45, 7) is 6.15. The van der Waals surface area contributed by atoms with Gasteiger partial charge in [-0.05, 0) is 48.1 Å². The van der Waals surface area contributed by atoms with Crippen molar-refractivity contribution in [2.45, 2.75) is 25.4 Å². The Balaban J connectivity index is 1.62. The van der Waals surface area contributed by atoms with Gasteiger partial charge in [0.05, 0.1) is 5.92 Å². The quantitative estimate of drug-likeness (QED) is 0.649. The van der Waals surface area contributed by atoms with Crippen molar-refractivity contribution in [3.8, 4) is 11.1 Å². The molecule has 0 saturated carbocycles. The van der Waals surface area contributed by atoms with Crippen molar-refractivity contribution < 1.29 is 18.7 Å². The fourth-order valence-electron chi connectivity index (χ4n) is 4.61. The number of halogens is 1. The number of ether oxygens (including phenoxy) is 1. The number of amides is 2. The maximum absolute atomic E-state index is 13.9. The Hall–Kier alpha value is -2.99. The number of hydrogen-bond donors (Lipinski definition) is 0. The molecule has 2 heterocycles. The molecular weight excluding hydrogens is 407 g/mol. The molecule has 2 atom stereocenters. The molecule has 0 aromatic heterocycles. The smallest absolute Gasteiger partial charge is 0.251 e. The molecule has 0 unspecified atom stereocenters. The maximum Gasteiger partial charge on any atom is 0.251 e. The predicted octanol–water partition coefficient (Wildman–Crippen LogP) is 3.69. The molecule has 0 bridgehead atoms. The predicted molar refractivity (Wildman–Crippen MR) is 121 cm³/mol. The lowest BCUT2D eigenvalue weighted by molar-refractivity contribution is -0.141. The molecule has 2 saturated heterocycles. The molecule has 32 heavy (non-hydrogen) atoms. The molecule has 0 spiro atoms. The molecule has 2 aliphatic rings. The lowest BCUT2D eigenvalue weighted by Gasteiger charge is -2.26. The molecule has 0 radical (unpaired) electrons. The Labute approximate surface area is 188 Å². The molecule has 2 aromatic rings. The Morgan fingerprint density at radius 1 is 1.19 bits per heavy atom. The minimum Gasteiger partial charge on any atom is -0.368 e. The Morgan fingerprint density at radius 2 is 2.03 bits per heavy atom. The lowest BCUT2D eigenvalue weighted by Crippen LogP contribution is -2.42. The van der Waals surface area contributed by atoms with Crippen LogP contribution in [0.15, 0.2) is 61.2 Å². The molecule has 168 valence electrons. The average Bonchev–Trinajstić information content (AvgIpc) is 3.30. The normalized spacial score (nSPS) is 21.5. The van der Waals surface area contributed by atoms with Gasteiger partial charge >= 0.3 is 0 Å². The molecule has 2 amide bonds. The fourth-order valence-corrected chi connectivity index (χ4v) is 4.61. The molecule has 2 aromatic carbocycles. The zero-order chi connectivity index (χ0) is 22.5. The molecule has 0 aliphatic carbocycles. The van der Waals surface area contributed by atoms with Gasteiger partial charge < -0.3 is 14.5 Å². The van der Waals surface area contributed by atoms with Crippen molar-refractivity contribution in [1.82, 2.24) is 9.80 Å². The first-order valence-electron chi connectivity index (χ1n) is 11.2. The summed E-state index contributed by atoms with van der Waals surface area (Å²) >= 11 is 0. The van der Waals surface area contributed by atoms with Crippen molar-refractivity contribution in [3.63, 3.8) is 0 Å². The summed E-state index contributed by atoms with van der Waals surface area (Å²) in [5, 5.41) is 0. The van der Waals surface area contributed by atoms with Crippen LogP contribution in [0.1, 0.15) is 18.4 Å². The second-order valence-electron chi connectivity index (χ2n) is 8.43. The monoisotopic (exact) mass is 436 g/mol. The van der Waals surface area contributed by atoms with E-state index in [1.165, 1.54) is 12.1 Å². The van der Waals surface area contributed by atoms with E-state index in [1.54, 1.807) is 21.9 Å². The van der Waals surface area contributed by atoms with Crippen LogP contribution in [0.2, 0.25) is 0 Å². The highest BCUT2D eigenvalue weighted by Gasteiger charge is 2.35. The molecule has 0 N–H and O–H groups in total. The van der Waals surface area contributed by atoms with E-state index < -0.39 is 12.0 Å². The van der Waals surface area contributed by atoms with Crippen molar-refractivity contribution in [2.75, 3.05) is 32.8 Å². The summed E-state index contributed by atoms with van der Waals surface area (Å²) in [5.41, 5.74) is 2.63. The van der Waals surface area contributed by atoms with Crippen LogP contribution < -0.4 is 0 Å². The van der Waals surface area contributed by atoms with Crippen LogP contribution in [0.3, 0.4) is 0 Å². The minimum atomic E-state index is -0.406. The number of rotatable bonds is 6. The standard InChI is InChI=1S/C26H29FN2O3/c1-2-12-28-13-14-29(26(31)24-11-6-15-32-24)18-21(25(28)30)16-19-7-3-4-10-23(19)20-8-5-9-22(27)17-20/h2-5,7-10,17,21,24H,1,6,11-16,18H2/t21-,24+/m0/s1. The van der Waals surface area contributed by atoms with Gasteiger partial charge in [-0.1, -0.05) is 42.5 Å². The number of carbonyl (C=O) groups excluding carboxylic acids is 2. The van der Waals surface area contributed by atoms with E-state index in [-0.39, 0.29) is 17.6 Å². The van der Waals surface area contributed by atoms with Gasteiger partial charge in [0.2, 0.25) is 5.91 Å². The van der Waals surface area contributed by atoms with Crippen LogP contribution in [0.25, 0.3) is 11.1 Å². The highest BCUT2D eigenvalue weighted by molar-refractivity contribution is 5.84. The first-order valence-corrected chi connectivity index (χ1v) is 11.2. The van der Waals surface area contributed by atoms with Crippen LogP contribution in [-0.4, -0.2) is 60.5 Å². The number of carbonyl (C=O) groups is 2. The van der Waals surface area contributed by atoms with Crippen LogP contribution in [0.4, 0.5) is 4.39 Å². The maximum atomic E-state index is 13.9. The summed E-state index contributed by atoms with van der Waals surface area (Å²) in [5.74, 6) is -0.702. The van der Waals surface area contributed by atoms with Crippen LogP contribution >= 0.6 is 0 Å². The van der Waals surface area contributed by atoms with Gasteiger partial charge in [-0.15, -0.1) is 6.58 Å². The van der Waals surface area contributed by atoms with E-state index in [0.717, 1.165) is 29.5 Å². The SMILES string of the molecule is C=CCN1CCN(C(=O)[C@H]2CCCO2)C[C@H](Cc2ccccc2-c2cccc(F)c2)C1=O. The lowest BCUT2D eigenvalue weighted by atomic mass is 9.91. The molecule has 2 fully saturated rings. The third kappa shape index (κ3) is 4.91. The van der Waals surface area contributed by atoms with Crippen LogP contribution in [0, 0.1) is 11.7 Å². The van der Waals surface area contributed by atoms with Gasteiger partial charge in [-0.3, -0.25) is 9.59 Å². The highest BCUT2D eigenvalue weighted by atomic mass is 19.1. The topological polar surface area (TPSA) is 49.9 Å². The average molecular weight is 437 g/mol. The molecule has 2 aliphatic heterocycles. The summed E-state index contributed by atoms with van der Waals surface area (Å²) in [6, 6.07) is 14.2. The summed E-state index contributed by atoms with van der Waals surface area (Å²) in [4.78, 5) is 30.0. The third-order valence-electron chi connectivity index (χ3n) is 6.23. The molecule has 6 heteroatoms. The van der Waals surface area contributed by atoms with E-state index in [2.05, 4.69) is 6.58 Å². The van der Waals surface area contributed by atoms with Crippen molar-refractivity contribution in [1.29, 1.82) is 0 Å². The van der Waals surface area contributed by atoms with E-state index in [1.807, 2.05) is 30.3 Å². The fraction of sp³-hybridized carbons (Fsp3) is 0.385. The molecular formula is C26H29FN2O3. The Bertz CT molecular complexity index is 987. The Kier molecular flexibility index (Phi) is 7.00. The number of nitrogens with zero attached hydrogens (tertiary/aromatic N) is 2. The van der Waals surface area contributed by atoms with Gasteiger partial charge in [0.15, 0.2) is 0 Å². The van der Waals surface area contributed by atoms with E-state index in [9.17, 15) is 14.0 Å². The first-order chi connectivity index (χ1) is 15.6. The summed E-state index contributed by atoms with van der Waals surface area (Å²) in [7, 11) is 0. The summed E-state index contributed by atoms with van der Waals surface area (Å²) in [6.07, 6.45) is 3.39. The van der Waals surface area contributed by atoms with Crippen LogP contribution in [0.5, 0.6) is 0 Å². The highest BCUT2D eigenvalue weighted by Crippen LogP contribution is 2.28. The second kappa shape index (κ2) is 10.1. The number of hydrogen-bond acceptors (Lipinski definition) is 3. The van der Waals surface area contributed by atoms with Gasteiger partial charge in [0.1, 0.15) is 11.9 Å². The summed E-state index contributed by atoms with van der Waals surface area (Å²) < 4.78 is 19.5. The minimum absolute atomic E-state index is 0.0154. The van der Waals surface area contributed by atoms with Gasteiger partial charge in [0, 0.05) is 32.8 Å². The second-order valence-corrected chi connectivity index (χ2v) is 8.43. The zero-order valence-electron chi connectivity index (χ0n) is 18.2. The van der Waals surface area contributed by atoms with E-state index in [4.69, 9.17) is 4.74 Å². The Morgan fingerprint density at radius 3 is 2.78 bits per heavy atom. The largest absolute Gasteiger partial charge is 0.368 e. The number of benzene rings is 2. The molecule has 5 nitrogen and oxygen atoms in total. The molecule has 4 rings (SSSR count). The van der Waals surface area contributed by atoms with Crippen molar-refractivity contribution in [2.24, 2.45) is 5.92 Å². The van der Waals surface area contributed by atoms with Crippen molar-refractivity contribution in [3.05, 3.63) is 72.6 Å².